The molecular formula is C17H22N2O2. The second kappa shape index (κ2) is 8.25. The van der Waals surface area contributed by atoms with E-state index >= 15 is 0 Å². The summed E-state index contributed by atoms with van der Waals surface area (Å²) < 4.78 is 6.88. The first-order chi connectivity index (χ1) is 10.3. The van der Waals surface area contributed by atoms with Gasteiger partial charge in [0.15, 0.2) is 0 Å². The number of rotatable bonds is 8. The Hall–Kier alpha value is -2.10. The average molecular weight is 286 g/mol. The Balaban J connectivity index is 1.65. The minimum absolute atomic E-state index is 0.248. The molecule has 0 bridgehead atoms. The molecule has 0 aliphatic heterocycles. The molecule has 2 aromatic rings. The van der Waals surface area contributed by atoms with Gasteiger partial charge in [-0.2, -0.15) is 0 Å². The van der Waals surface area contributed by atoms with Crippen LogP contribution in [0.25, 0.3) is 5.52 Å². The molecule has 112 valence electrons. The first-order valence-corrected chi connectivity index (χ1v) is 7.55. The van der Waals surface area contributed by atoms with Crippen molar-refractivity contribution in [1.29, 1.82) is 0 Å². The first-order valence-electron chi connectivity index (χ1n) is 7.55. The Bertz CT molecular complexity index is 602. The number of pyridine rings is 1. The average Bonchev–Trinajstić information content (AvgIpc) is 2.90. The van der Waals surface area contributed by atoms with E-state index in [1.54, 1.807) is 0 Å². The molecule has 2 rings (SSSR count). The van der Waals surface area contributed by atoms with E-state index in [1.165, 1.54) is 11.6 Å². The zero-order valence-corrected chi connectivity index (χ0v) is 12.5. The van der Waals surface area contributed by atoms with Gasteiger partial charge in [-0.25, -0.2) is 9.78 Å². The van der Waals surface area contributed by atoms with Gasteiger partial charge in [-0.05, 0) is 44.7 Å². The monoisotopic (exact) mass is 286 g/mol. The number of imidazole rings is 1. The van der Waals surface area contributed by atoms with Gasteiger partial charge in [0, 0.05) is 12.3 Å². The van der Waals surface area contributed by atoms with Crippen molar-refractivity contribution >= 4 is 11.5 Å². The number of aromatic nitrogens is 2. The first kappa shape index (κ1) is 15.3. The third kappa shape index (κ3) is 4.74. The zero-order chi connectivity index (χ0) is 14.9. The minimum Gasteiger partial charge on any atom is -0.463 e. The predicted octanol–water partition coefficient (Wildman–Crippen LogP) is 3.56. The van der Waals surface area contributed by atoms with E-state index < -0.39 is 0 Å². The van der Waals surface area contributed by atoms with E-state index in [4.69, 9.17) is 4.74 Å². The van der Waals surface area contributed by atoms with Crippen molar-refractivity contribution in [2.75, 3.05) is 6.61 Å². The van der Waals surface area contributed by atoms with Gasteiger partial charge in [-0.1, -0.05) is 18.6 Å². The third-order valence-corrected chi connectivity index (χ3v) is 3.35. The number of allylic oxidation sites excluding steroid dienone is 1. The highest BCUT2D eigenvalue weighted by Gasteiger charge is 2.02. The fraction of sp³-hybridized carbons (Fsp3) is 0.412. The van der Waals surface area contributed by atoms with Crippen LogP contribution >= 0.6 is 0 Å². The van der Waals surface area contributed by atoms with Crippen molar-refractivity contribution in [2.24, 2.45) is 0 Å². The number of aryl methyl sites for hydroxylation is 1. The largest absolute Gasteiger partial charge is 0.463 e. The normalized spacial score (nSPS) is 11.3. The molecule has 0 aromatic carbocycles. The Kier molecular flexibility index (Phi) is 6.00. The van der Waals surface area contributed by atoms with Crippen LogP contribution in [0.2, 0.25) is 0 Å². The topological polar surface area (TPSA) is 43.6 Å². The predicted molar refractivity (Wildman–Crippen MR) is 83.1 cm³/mol. The maximum absolute atomic E-state index is 11.1. The van der Waals surface area contributed by atoms with Crippen LogP contribution in [0.1, 0.15) is 38.3 Å². The van der Waals surface area contributed by atoms with Gasteiger partial charge in [-0.3, -0.25) is 0 Å². The number of fused-ring (bicyclic) bond motifs is 1. The number of nitrogens with zero attached hydrogens (tertiary/aromatic N) is 2. The van der Waals surface area contributed by atoms with Gasteiger partial charge < -0.3 is 9.14 Å². The fourth-order valence-corrected chi connectivity index (χ4v) is 2.29. The highest BCUT2D eigenvalue weighted by atomic mass is 16.5. The summed E-state index contributed by atoms with van der Waals surface area (Å²) in [5.74, 6) is -0.248. The standard InChI is InChI=1S/C17H22N2O2/c1-2-21-17(20)12-7-5-3-4-6-10-15-16-11-8-9-13-19(16)14-18-15/h7-9,11-14H,2-6,10H2,1H3. The lowest BCUT2D eigenvalue weighted by Crippen LogP contribution is -1.98. The van der Waals surface area contributed by atoms with Crippen molar-refractivity contribution < 1.29 is 9.53 Å². The number of carbonyl (C=O) groups is 1. The van der Waals surface area contributed by atoms with E-state index in [1.807, 2.05) is 37.7 Å². The van der Waals surface area contributed by atoms with Crippen molar-refractivity contribution in [2.45, 2.75) is 39.0 Å². The summed E-state index contributed by atoms with van der Waals surface area (Å²) in [6, 6.07) is 6.15. The molecule has 0 unspecified atom stereocenters. The van der Waals surface area contributed by atoms with Crippen LogP contribution in [0, 0.1) is 0 Å². The van der Waals surface area contributed by atoms with Crippen LogP contribution in [-0.4, -0.2) is 22.0 Å². The second-order valence-corrected chi connectivity index (χ2v) is 4.94. The molecular weight excluding hydrogens is 264 g/mol. The van der Waals surface area contributed by atoms with Crippen LogP contribution in [0.15, 0.2) is 42.9 Å². The highest BCUT2D eigenvalue weighted by molar-refractivity contribution is 5.81. The van der Waals surface area contributed by atoms with E-state index in [0.29, 0.717) is 6.61 Å². The van der Waals surface area contributed by atoms with Gasteiger partial charge in [0.05, 0.1) is 24.1 Å². The van der Waals surface area contributed by atoms with Crippen molar-refractivity contribution in [1.82, 2.24) is 9.38 Å². The molecule has 0 spiro atoms. The maximum Gasteiger partial charge on any atom is 0.330 e. The summed E-state index contributed by atoms with van der Waals surface area (Å²) in [5, 5.41) is 0. The maximum atomic E-state index is 11.1. The summed E-state index contributed by atoms with van der Waals surface area (Å²) in [6.07, 6.45) is 12.6. The molecule has 4 nitrogen and oxygen atoms in total. The lowest BCUT2D eigenvalue weighted by molar-refractivity contribution is -0.137. The molecule has 0 fully saturated rings. The van der Waals surface area contributed by atoms with Crippen molar-refractivity contribution in [3.8, 4) is 0 Å². The minimum atomic E-state index is -0.248. The third-order valence-electron chi connectivity index (χ3n) is 3.35. The molecule has 4 heteroatoms. The number of hydrogen-bond donors (Lipinski definition) is 0. The number of ether oxygens (including phenoxy) is 1. The van der Waals surface area contributed by atoms with Crippen LogP contribution < -0.4 is 0 Å². The van der Waals surface area contributed by atoms with Crippen molar-refractivity contribution in [3.05, 3.63) is 48.6 Å². The molecule has 0 amide bonds. The number of esters is 1. The van der Waals surface area contributed by atoms with Gasteiger partial charge in [0.25, 0.3) is 0 Å². The second-order valence-electron chi connectivity index (χ2n) is 4.94. The summed E-state index contributed by atoms with van der Waals surface area (Å²) in [5.41, 5.74) is 2.36. The molecule has 2 heterocycles. The van der Waals surface area contributed by atoms with Gasteiger partial charge >= 0.3 is 5.97 Å². The molecule has 0 radical (unpaired) electrons. The number of unbranched alkanes of at least 4 members (excludes halogenated alkanes) is 3. The highest BCUT2D eigenvalue weighted by Crippen LogP contribution is 2.13. The van der Waals surface area contributed by atoms with Crippen LogP contribution in [0.5, 0.6) is 0 Å². The summed E-state index contributed by atoms with van der Waals surface area (Å²) in [6.45, 7) is 2.24. The Morgan fingerprint density at radius 2 is 2.24 bits per heavy atom. The quantitative estimate of drug-likeness (QED) is 0.423. The summed E-state index contributed by atoms with van der Waals surface area (Å²) in [7, 11) is 0. The molecule has 0 saturated heterocycles. The van der Waals surface area contributed by atoms with E-state index in [0.717, 1.165) is 37.8 Å². The molecule has 0 aliphatic carbocycles. The van der Waals surface area contributed by atoms with Crippen LogP contribution in [0.3, 0.4) is 0 Å². The molecule has 2 aromatic heterocycles. The lowest BCUT2D eigenvalue weighted by Gasteiger charge is -1.99. The number of hydrogen-bond acceptors (Lipinski definition) is 3. The van der Waals surface area contributed by atoms with Gasteiger partial charge in [0.2, 0.25) is 0 Å². The zero-order valence-electron chi connectivity index (χ0n) is 12.5. The van der Waals surface area contributed by atoms with E-state index in [-0.39, 0.29) is 5.97 Å². The number of carbonyl (C=O) groups excluding carboxylic acids is 1. The van der Waals surface area contributed by atoms with Gasteiger partial charge in [0.1, 0.15) is 0 Å². The molecule has 0 atom stereocenters. The Labute approximate surface area is 125 Å². The van der Waals surface area contributed by atoms with E-state index in [2.05, 4.69) is 15.5 Å². The molecule has 0 aliphatic rings. The molecule has 0 saturated carbocycles. The lowest BCUT2D eigenvalue weighted by atomic mass is 10.1. The van der Waals surface area contributed by atoms with E-state index in [9.17, 15) is 4.79 Å². The SMILES string of the molecule is CCOC(=O)C=CCCCCCc1ncn2ccccc12. The Morgan fingerprint density at radius 3 is 3.10 bits per heavy atom. The Morgan fingerprint density at radius 1 is 1.33 bits per heavy atom. The molecule has 21 heavy (non-hydrogen) atoms. The van der Waals surface area contributed by atoms with Crippen LogP contribution in [-0.2, 0) is 16.0 Å². The van der Waals surface area contributed by atoms with Crippen molar-refractivity contribution in [3.63, 3.8) is 0 Å². The van der Waals surface area contributed by atoms with Crippen LogP contribution in [0.4, 0.5) is 0 Å². The molecule has 0 N–H and O–H groups in total. The summed E-state index contributed by atoms with van der Waals surface area (Å²) in [4.78, 5) is 15.6. The summed E-state index contributed by atoms with van der Waals surface area (Å²) >= 11 is 0. The van der Waals surface area contributed by atoms with Gasteiger partial charge in [-0.15, -0.1) is 0 Å². The smallest absolute Gasteiger partial charge is 0.330 e. The fourth-order valence-electron chi connectivity index (χ4n) is 2.29.